The van der Waals surface area contributed by atoms with E-state index in [1.165, 1.54) is 18.2 Å². The lowest BCUT2D eigenvalue weighted by Gasteiger charge is -2.22. The van der Waals surface area contributed by atoms with Crippen LogP contribution < -0.4 is 26.2 Å². The molecule has 3 aromatic carbocycles. The van der Waals surface area contributed by atoms with Crippen molar-refractivity contribution in [1.82, 2.24) is 15.3 Å². The molecule has 0 radical (unpaired) electrons. The van der Waals surface area contributed by atoms with E-state index >= 15 is 0 Å². The third-order valence-electron chi connectivity index (χ3n) is 8.32. The summed E-state index contributed by atoms with van der Waals surface area (Å²) in [6, 6.07) is 21.3. The number of fused-ring (bicyclic) bond motifs is 1. The number of pyridine rings is 2. The molecule has 57 heavy (non-hydrogen) atoms. The van der Waals surface area contributed by atoms with Crippen LogP contribution in [0.25, 0.3) is 31.9 Å². The molecule has 0 amide bonds. The summed E-state index contributed by atoms with van der Waals surface area (Å²) in [7, 11) is 0. The second kappa shape index (κ2) is 27.8. The molecule has 0 spiro atoms. The zero-order valence-electron chi connectivity index (χ0n) is 33.1. The minimum Gasteiger partial charge on any atom is -0.371 e. The number of rotatable bonds is 13. The Kier molecular flexibility index (Phi) is 24.6. The fourth-order valence-corrected chi connectivity index (χ4v) is 6.11. The number of aromatic nitrogens is 2. The molecule has 2 heterocycles. The zero-order valence-corrected chi connectivity index (χ0v) is 35.4. The van der Waals surface area contributed by atoms with Gasteiger partial charge in [-0.2, -0.15) is 0 Å². The number of nitrogens with two attached hydrogens (primary N) is 1. The van der Waals surface area contributed by atoms with Gasteiger partial charge in [-0.05, 0) is 108 Å². The van der Waals surface area contributed by atoms with Gasteiger partial charge in [0.05, 0.1) is 50.8 Å². The Morgan fingerprint density at radius 3 is 1.75 bits per heavy atom. The highest BCUT2D eigenvalue weighted by Crippen LogP contribution is 2.33. The Labute approximate surface area is 355 Å². The van der Waals surface area contributed by atoms with Gasteiger partial charge in [-0.15, -0.1) is 0 Å². The molecule has 0 unspecified atom stereocenters. The van der Waals surface area contributed by atoms with E-state index in [0.29, 0.717) is 22.9 Å². The number of nitrogens with one attached hydrogen (secondary N) is 2. The van der Waals surface area contributed by atoms with Gasteiger partial charge in [0.25, 0.3) is 0 Å². The van der Waals surface area contributed by atoms with Gasteiger partial charge in [0.2, 0.25) is 0 Å². The zero-order chi connectivity index (χ0) is 41.5. The van der Waals surface area contributed by atoms with Gasteiger partial charge in [-0.3, -0.25) is 4.98 Å². The first kappa shape index (κ1) is 50.3. The van der Waals surface area contributed by atoms with E-state index < -0.39 is 5.82 Å². The summed E-state index contributed by atoms with van der Waals surface area (Å²) in [6.07, 6.45) is 2.68. The summed E-state index contributed by atoms with van der Waals surface area (Å²) in [5, 5.41) is 8.89. The third-order valence-corrected chi connectivity index (χ3v) is 9.21. The number of benzene rings is 3. The first-order chi connectivity index (χ1) is 27.0. The third kappa shape index (κ3) is 16.0. The second-order valence-corrected chi connectivity index (χ2v) is 13.1. The standard InChI is InChI=1S/C21H26ClN5.C11H13ClN2.C7H3ClFN.C4H11N.CH4/c1-3-27(4-2)20-9-8-15(13-17(20)22)18-14-19-16(7-5-11-24-19)21(26-18)25-12-6-10-23;1-4-14(5-2)11-7-6-9(13-3)8-10(11)12;1-10-5-2-3-7(9)6(8)4-5;1-3-5-4-2;/h5,7-9,11,13-14H,3-4,6,10,12,23H2,1-2H3,(H,25,26);6-8H,4-5H2,1-2H3;2-4H;5H,3-4H2,1-2H3;1H4. The largest absolute Gasteiger partial charge is 0.371 e. The SMILES string of the molecule is C.CCN(CC)c1ccc(-c2cc3ncccc3c(NCCCN)n2)cc1Cl.CCNCC.[C-]#[N+]c1ccc(F)c(Cl)c1.[C-]#[N+]c1ccc(N(CC)CC)c(Cl)c1. The van der Waals surface area contributed by atoms with E-state index in [2.05, 4.69) is 88.8 Å². The first-order valence-corrected chi connectivity index (χ1v) is 19.9. The quantitative estimate of drug-likeness (QED) is 0.0803. The van der Waals surface area contributed by atoms with Crippen LogP contribution in [0.15, 0.2) is 79.0 Å². The van der Waals surface area contributed by atoms with Crippen molar-refractivity contribution >= 4 is 74.3 Å². The van der Waals surface area contributed by atoms with Crippen molar-refractivity contribution in [3.05, 3.63) is 123 Å². The second-order valence-electron chi connectivity index (χ2n) is 11.9. The van der Waals surface area contributed by atoms with Crippen molar-refractivity contribution < 1.29 is 4.39 Å². The van der Waals surface area contributed by atoms with Crippen molar-refractivity contribution in [2.75, 3.05) is 67.5 Å². The molecule has 0 aliphatic carbocycles. The van der Waals surface area contributed by atoms with Crippen molar-refractivity contribution in [2.45, 2.75) is 55.4 Å². The Bertz CT molecular complexity index is 2020. The average Bonchev–Trinajstić information content (AvgIpc) is 3.22. The predicted octanol–water partition coefficient (Wildman–Crippen LogP) is 12.6. The van der Waals surface area contributed by atoms with Gasteiger partial charge < -0.3 is 26.2 Å². The molecular formula is C44H57Cl3FN9. The molecule has 306 valence electrons. The number of hydrogen-bond donors (Lipinski definition) is 3. The minimum atomic E-state index is -0.492. The van der Waals surface area contributed by atoms with E-state index in [1.807, 2.05) is 30.3 Å². The molecule has 2 aromatic heterocycles. The molecule has 0 fully saturated rings. The maximum absolute atomic E-state index is 12.4. The summed E-state index contributed by atoms with van der Waals surface area (Å²) < 4.78 is 12.4. The normalized spacial score (nSPS) is 9.84. The molecule has 0 atom stereocenters. The van der Waals surface area contributed by atoms with Crippen LogP contribution in [0.5, 0.6) is 0 Å². The number of nitrogens with zero attached hydrogens (tertiary/aromatic N) is 6. The highest BCUT2D eigenvalue weighted by molar-refractivity contribution is 6.34. The first-order valence-electron chi connectivity index (χ1n) is 18.7. The van der Waals surface area contributed by atoms with Crippen LogP contribution in [0.3, 0.4) is 0 Å². The molecule has 0 saturated carbocycles. The monoisotopic (exact) mass is 835 g/mol. The average molecular weight is 837 g/mol. The van der Waals surface area contributed by atoms with Gasteiger partial charge in [0.1, 0.15) is 11.6 Å². The van der Waals surface area contributed by atoms with Gasteiger partial charge in [-0.25, -0.2) is 19.1 Å². The summed E-state index contributed by atoms with van der Waals surface area (Å²) >= 11 is 18.0. The molecule has 0 bridgehead atoms. The molecule has 5 aromatic rings. The van der Waals surface area contributed by atoms with E-state index in [0.717, 1.165) is 96.6 Å². The van der Waals surface area contributed by atoms with Crippen molar-refractivity contribution in [2.24, 2.45) is 5.73 Å². The van der Waals surface area contributed by atoms with Crippen LogP contribution in [0.1, 0.15) is 55.4 Å². The lowest BCUT2D eigenvalue weighted by molar-refractivity contribution is 0.628. The molecule has 0 saturated heterocycles. The van der Waals surface area contributed by atoms with Crippen LogP contribution in [0.2, 0.25) is 15.1 Å². The Hall–Kier alpha value is -4.68. The van der Waals surface area contributed by atoms with Gasteiger partial charge >= 0.3 is 0 Å². The highest BCUT2D eigenvalue weighted by Gasteiger charge is 2.12. The molecule has 13 heteroatoms. The van der Waals surface area contributed by atoms with E-state index in [1.54, 1.807) is 18.3 Å². The van der Waals surface area contributed by atoms with Gasteiger partial charge in [0, 0.05) is 49.9 Å². The van der Waals surface area contributed by atoms with Crippen LogP contribution in [-0.4, -0.2) is 62.3 Å². The summed E-state index contributed by atoms with van der Waals surface area (Å²) in [5.41, 5.74) is 11.3. The van der Waals surface area contributed by atoms with Crippen molar-refractivity contribution in [3.8, 4) is 11.3 Å². The topological polar surface area (TPSA) is 91.1 Å². The molecule has 0 aliphatic rings. The summed E-state index contributed by atoms with van der Waals surface area (Å²) in [6.45, 7) is 33.3. The van der Waals surface area contributed by atoms with Crippen LogP contribution in [0.4, 0.5) is 33.0 Å². The van der Waals surface area contributed by atoms with Crippen molar-refractivity contribution in [1.29, 1.82) is 0 Å². The van der Waals surface area contributed by atoms with Crippen LogP contribution >= 0.6 is 34.8 Å². The molecular weight excluding hydrogens is 780 g/mol. The fraction of sp³-hybridized carbons (Fsp3) is 0.364. The minimum absolute atomic E-state index is 0. The Balaban J connectivity index is 0.000000451. The summed E-state index contributed by atoms with van der Waals surface area (Å²) in [5.74, 6) is 0.335. The predicted molar refractivity (Wildman–Crippen MR) is 246 cm³/mol. The number of anilines is 3. The molecule has 9 nitrogen and oxygen atoms in total. The Morgan fingerprint density at radius 2 is 1.28 bits per heavy atom. The Morgan fingerprint density at radius 1 is 0.737 bits per heavy atom. The van der Waals surface area contributed by atoms with Crippen molar-refractivity contribution in [3.63, 3.8) is 0 Å². The maximum atomic E-state index is 12.4. The van der Waals surface area contributed by atoms with E-state index in [-0.39, 0.29) is 12.4 Å². The smallest absolute Gasteiger partial charge is 0.188 e. The molecule has 0 aliphatic heterocycles. The number of hydrogen-bond acceptors (Lipinski definition) is 7. The van der Waals surface area contributed by atoms with Crippen LogP contribution in [0, 0.1) is 19.0 Å². The lowest BCUT2D eigenvalue weighted by atomic mass is 10.1. The molecule has 4 N–H and O–H groups in total. The maximum Gasteiger partial charge on any atom is 0.188 e. The fourth-order valence-electron chi connectivity index (χ4n) is 5.34. The van der Waals surface area contributed by atoms with Crippen LogP contribution in [-0.2, 0) is 0 Å². The van der Waals surface area contributed by atoms with E-state index in [4.69, 9.17) is 58.7 Å². The van der Waals surface area contributed by atoms with E-state index in [9.17, 15) is 4.39 Å². The van der Waals surface area contributed by atoms with Gasteiger partial charge in [0.15, 0.2) is 11.4 Å². The molecule has 5 rings (SSSR count). The summed E-state index contributed by atoms with van der Waals surface area (Å²) in [4.78, 5) is 20.1. The van der Waals surface area contributed by atoms with Gasteiger partial charge in [-0.1, -0.05) is 74.3 Å². The highest BCUT2D eigenvalue weighted by atomic mass is 35.5. The number of halogens is 4. The lowest BCUT2D eigenvalue weighted by Crippen LogP contribution is -2.22.